The van der Waals surface area contributed by atoms with Gasteiger partial charge in [0.05, 0.1) is 10.7 Å². The van der Waals surface area contributed by atoms with E-state index in [1.807, 2.05) is 13.0 Å². The zero-order valence-corrected chi connectivity index (χ0v) is 17.6. The molecule has 0 bridgehead atoms. The van der Waals surface area contributed by atoms with Gasteiger partial charge in [-0.25, -0.2) is 4.98 Å². The van der Waals surface area contributed by atoms with Gasteiger partial charge in [-0.15, -0.1) is 11.3 Å². The minimum atomic E-state index is -0.251. The molecule has 0 saturated carbocycles. The first-order chi connectivity index (χ1) is 14.1. The molecular weight excluding hydrogens is 386 g/mol. The van der Waals surface area contributed by atoms with Gasteiger partial charge in [-0.1, -0.05) is 11.2 Å². The zero-order chi connectivity index (χ0) is 20.2. The van der Waals surface area contributed by atoms with E-state index in [1.54, 1.807) is 17.4 Å². The molecule has 7 heteroatoms. The number of thiazole rings is 1. The van der Waals surface area contributed by atoms with Crippen molar-refractivity contribution < 1.29 is 14.1 Å². The third kappa shape index (κ3) is 4.85. The Morgan fingerprint density at radius 3 is 2.83 bits per heavy atom. The van der Waals surface area contributed by atoms with Crippen molar-refractivity contribution in [3.05, 3.63) is 62.4 Å². The molecule has 152 valence electrons. The van der Waals surface area contributed by atoms with Crippen LogP contribution in [0.4, 0.5) is 0 Å². The maximum absolute atomic E-state index is 12.3. The molecule has 1 amide bonds. The Kier molecular flexibility index (Phi) is 5.94. The van der Waals surface area contributed by atoms with Crippen LogP contribution in [0.5, 0.6) is 5.75 Å². The van der Waals surface area contributed by atoms with Crippen LogP contribution in [0.15, 0.2) is 28.8 Å². The minimum Gasteiger partial charge on any atom is -0.486 e. The third-order valence-electron chi connectivity index (χ3n) is 5.19. The van der Waals surface area contributed by atoms with Gasteiger partial charge < -0.3 is 14.6 Å². The molecule has 0 spiro atoms. The van der Waals surface area contributed by atoms with E-state index in [9.17, 15) is 4.79 Å². The van der Waals surface area contributed by atoms with Crippen molar-refractivity contribution in [1.82, 2.24) is 15.5 Å². The minimum absolute atomic E-state index is 0.247. The molecule has 0 unspecified atom stereocenters. The number of benzene rings is 1. The molecule has 1 N–H and O–H groups in total. The molecule has 0 saturated heterocycles. The second-order valence-electron chi connectivity index (χ2n) is 7.36. The monoisotopic (exact) mass is 411 g/mol. The Morgan fingerprint density at radius 1 is 1.21 bits per heavy atom. The number of hydrogen-bond acceptors (Lipinski definition) is 6. The summed E-state index contributed by atoms with van der Waals surface area (Å²) in [6.45, 7) is 4.81. The van der Waals surface area contributed by atoms with Gasteiger partial charge in [-0.2, -0.15) is 0 Å². The fourth-order valence-corrected chi connectivity index (χ4v) is 4.40. The van der Waals surface area contributed by atoms with E-state index >= 15 is 0 Å². The molecular formula is C22H25N3O3S. The molecule has 0 fully saturated rings. The van der Waals surface area contributed by atoms with Gasteiger partial charge in [0.2, 0.25) is 0 Å². The Morgan fingerprint density at radius 2 is 2.03 bits per heavy atom. The number of aromatic nitrogens is 2. The predicted molar refractivity (Wildman–Crippen MR) is 112 cm³/mol. The number of fused-ring (bicyclic) bond motifs is 1. The number of carbonyl (C=O) groups excluding carboxylic acids is 1. The van der Waals surface area contributed by atoms with Crippen molar-refractivity contribution in [1.29, 1.82) is 0 Å². The number of nitrogens with one attached hydrogen (secondary N) is 1. The summed E-state index contributed by atoms with van der Waals surface area (Å²) in [5, 5.41) is 7.75. The summed E-state index contributed by atoms with van der Waals surface area (Å²) in [5.74, 6) is 1.10. The van der Waals surface area contributed by atoms with Crippen LogP contribution in [-0.4, -0.2) is 22.6 Å². The normalized spacial score (nSPS) is 13.2. The van der Waals surface area contributed by atoms with E-state index in [4.69, 9.17) is 9.26 Å². The first-order valence-corrected chi connectivity index (χ1v) is 10.8. The topological polar surface area (TPSA) is 77.2 Å². The lowest BCUT2D eigenvalue weighted by Gasteiger charge is -2.16. The molecule has 2 aromatic heterocycles. The first kappa shape index (κ1) is 19.6. The summed E-state index contributed by atoms with van der Waals surface area (Å²) in [6, 6.07) is 7.89. The summed E-state index contributed by atoms with van der Waals surface area (Å²) in [6.07, 6.45) is 5.46. The largest absolute Gasteiger partial charge is 0.486 e. The van der Waals surface area contributed by atoms with Crippen molar-refractivity contribution in [3.63, 3.8) is 0 Å². The van der Waals surface area contributed by atoms with Crippen LogP contribution in [0.2, 0.25) is 0 Å². The second kappa shape index (κ2) is 8.78. The Bertz CT molecular complexity index is 989. The highest BCUT2D eigenvalue weighted by atomic mass is 32.1. The van der Waals surface area contributed by atoms with E-state index in [-0.39, 0.29) is 18.2 Å². The standard InChI is InChI=1S/C22H25N3O3S/c1-14-15(2)29-21(24-14)9-10-23-22(26)20-12-19(28-25-20)13-27-18-8-7-16-5-3-4-6-17(16)11-18/h7-8,11-12H,3-6,9-10,13H2,1-2H3,(H,23,26). The average molecular weight is 412 g/mol. The molecule has 3 aromatic rings. The summed E-state index contributed by atoms with van der Waals surface area (Å²) >= 11 is 1.67. The number of hydrogen-bond donors (Lipinski definition) is 1. The van der Waals surface area contributed by atoms with Crippen molar-refractivity contribution >= 4 is 17.2 Å². The summed E-state index contributed by atoms with van der Waals surface area (Å²) in [7, 11) is 0. The molecule has 6 nitrogen and oxygen atoms in total. The van der Waals surface area contributed by atoms with Gasteiger partial charge in [0.1, 0.15) is 12.4 Å². The highest BCUT2D eigenvalue weighted by Gasteiger charge is 2.14. The summed E-state index contributed by atoms with van der Waals surface area (Å²) < 4.78 is 11.1. The Balaban J connectivity index is 1.27. The summed E-state index contributed by atoms with van der Waals surface area (Å²) in [4.78, 5) is 18.0. The smallest absolute Gasteiger partial charge is 0.273 e. The fraction of sp³-hybridized carbons (Fsp3) is 0.409. The van der Waals surface area contributed by atoms with Crippen molar-refractivity contribution in [2.24, 2.45) is 0 Å². The maximum Gasteiger partial charge on any atom is 0.273 e. The lowest BCUT2D eigenvalue weighted by atomic mass is 9.92. The number of amides is 1. The van der Waals surface area contributed by atoms with Gasteiger partial charge >= 0.3 is 0 Å². The zero-order valence-electron chi connectivity index (χ0n) is 16.8. The van der Waals surface area contributed by atoms with E-state index in [0.29, 0.717) is 18.7 Å². The van der Waals surface area contributed by atoms with Crippen molar-refractivity contribution in [2.75, 3.05) is 6.54 Å². The fourth-order valence-electron chi connectivity index (χ4n) is 3.46. The number of aryl methyl sites for hydroxylation is 4. The Hall–Kier alpha value is -2.67. The highest BCUT2D eigenvalue weighted by molar-refractivity contribution is 7.11. The van der Waals surface area contributed by atoms with Crippen LogP contribution in [0.1, 0.15) is 55.8 Å². The van der Waals surface area contributed by atoms with Gasteiger partial charge in [0.15, 0.2) is 11.5 Å². The number of ether oxygens (including phenoxy) is 1. The molecule has 1 aliphatic rings. The van der Waals surface area contributed by atoms with Crippen LogP contribution in [-0.2, 0) is 25.9 Å². The SMILES string of the molecule is Cc1nc(CCNC(=O)c2cc(COc3ccc4c(c3)CCCC4)on2)sc1C. The molecule has 4 rings (SSSR count). The molecule has 2 heterocycles. The molecule has 0 aliphatic heterocycles. The highest BCUT2D eigenvalue weighted by Crippen LogP contribution is 2.26. The maximum atomic E-state index is 12.3. The van der Waals surface area contributed by atoms with Crippen molar-refractivity contribution in [3.8, 4) is 5.75 Å². The predicted octanol–water partition coefficient (Wildman–Crippen LogP) is 4.18. The molecule has 0 radical (unpaired) electrons. The van der Waals surface area contributed by atoms with Crippen LogP contribution < -0.4 is 10.1 Å². The first-order valence-electron chi connectivity index (χ1n) is 10.00. The van der Waals surface area contributed by atoms with Crippen LogP contribution in [0, 0.1) is 13.8 Å². The molecule has 29 heavy (non-hydrogen) atoms. The van der Waals surface area contributed by atoms with Crippen LogP contribution in [0.3, 0.4) is 0 Å². The lowest BCUT2D eigenvalue weighted by Crippen LogP contribution is -2.25. The number of carbonyl (C=O) groups is 1. The van der Waals surface area contributed by atoms with E-state index in [2.05, 4.69) is 34.5 Å². The van der Waals surface area contributed by atoms with Gasteiger partial charge in [0, 0.05) is 23.9 Å². The van der Waals surface area contributed by atoms with Crippen molar-refractivity contribution in [2.45, 2.75) is 52.6 Å². The van der Waals surface area contributed by atoms with E-state index < -0.39 is 0 Å². The molecule has 0 atom stereocenters. The van der Waals surface area contributed by atoms with E-state index in [0.717, 1.165) is 29.3 Å². The second-order valence-corrected chi connectivity index (χ2v) is 8.65. The Labute approximate surface area is 174 Å². The van der Waals surface area contributed by atoms with Gasteiger partial charge in [-0.05, 0) is 62.8 Å². The van der Waals surface area contributed by atoms with Crippen LogP contribution >= 0.6 is 11.3 Å². The average Bonchev–Trinajstić information content (AvgIpc) is 3.33. The quantitative estimate of drug-likeness (QED) is 0.631. The third-order valence-corrected chi connectivity index (χ3v) is 6.32. The van der Waals surface area contributed by atoms with Gasteiger partial charge in [-0.3, -0.25) is 4.79 Å². The van der Waals surface area contributed by atoms with E-state index in [1.165, 1.54) is 28.8 Å². The lowest BCUT2D eigenvalue weighted by molar-refractivity contribution is 0.0944. The molecule has 1 aliphatic carbocycles. The number of nitrogens with zero attached hydrogens (tertiary/aromatic N) is 2. The van der Waals surface area contributed by atoms with Gasteiger partial charge in [0.25, 0.3) is 5.91 Å². The van der Waals surface area contributed by atoms with Crippen LogP contribution in [0.25, 0.3) is 0 Å². The molecule has 1 aromatic carbocycles. The number of rotatable bonds is 7. The summed E-state index contributed by atoms with van der Waals surface area (Å²) in [5.41, 5.74) is 4.11.